The summed E-state index contributed by atoms with van der Waals surface area (Å²) in [6.07, 6.45) is -3.40. The van der Waals surface area contributed by atoms with Crippen molar-refractivity contribution in [1.29, 1.82) is 0 Å². The average molecular weight is 193 g/mol. The Bertz CT molecular complexity index is 156. The van der Waals surface area contributed by atoms with Gasteiger partial charge in [-0.25, -0.2) is 0 Å². The van der Waals surface area contributed by atoms with Gasteiger partial charge in [0.25, 0.3) is 0 Å². The van der Waals surface area contributed by atoms with Gasteiger partial charge in [-0.15, -0.1) is 0 Å². The van der Waals surface area contributed by atoms with Crippen molar-refractivity contribution in [2.45, 2.75) is 24.4 Å². The van der Waals surface area contributed by atoms with E-state index in [1.807, 2.05) is 0 Å². The molecule has 4 unspecified atom stereocenters. The van der Waals surface area contributed by atoms with Crippen LogP contribution in [0, 0.1) is 0 Å². The van der Waals surface area contributed by atoms with Gasteiger partial charge >= 0.3 is 0 Å². The van der Waals surface area contributed by atoms with E-state index in [4.69, 9.17) is 14.9 Å². The molecule has 0 aromatic heterocycles. The van der Waals surface area contributed by atoms with Crippen LogP contribution >= 0.6 is 0 Å². The zero-order valence-electron chi connectivity index (χ0n) is 7.13. The zero-order valence-corrected chi connectivity index (χ0v) is 7.13. The minimum Gasteiger partial charge on any atom is -0.394 e. The molecule has 0 aromatic rings. The van der Waals surface area contributed by atoms with E-state index in [0.29, 0.717) is 0 Å². The Morgan fingerprint density at radius 2 is 1.69 bits per heavy atom. The second kappa shape index (κ2) is 4.85. The Morgan fingerprint density at radius 1 is 1.08 bits per heavy atom. The lowest BCUT2D eigenvalue weighted by Gasteiger charge is -2.13. The van der Waals surface area contributed by atoms with Crippen LogP contribution in [0.1, 0.15) is 0 Å². The Labute approximate surface area is 75.8 Å². The molecule has 0 amide bonds. The lowest BCUT2D eigenvalue weighted by atomic mass is 10.1. The molecule has 0 radical (unpaired) electrons. The molecule has 1 heterocycles. The number of aliphatic hydroxyl groups is 4. The van der Waals surface area contributed by atoms with Crippen LogP contribution in [0.3, 0.4) is 0 Å². The number of aliphatic hydroxyl groups excluding tert-OH is 4. The van der Waals surface area contributed by atoms with Gasteiger partial charge in [0.2, 0.25) is 0 Å². The van der Waals surface area contributed by atoms with Crippen molar-refractivity contribution in [2.75, 3.05) is 19.9 Å². The standard InChI is InChI=1S/C7H15NO5/c9-2-5-7(12)6(11)4(13-5)1-8-3-10/h4-12H,1-3H2. The van der Waals surface area contributed by atoms with Crippen LogP contribution < -0.4 is 5.32 Å². The van der Waals surface area contributed by atoms with E-state index < -0.39 is 24.4 Å². The third-order valence-electron chi connectivity index (χ3n) is 2.10. The molecular formula is C7H15NO5. The highest BCUT2D eigenvalue weighted by molar-refractivity contribution is 4.90. The highest BCUT2D eigenvalue weighted by Crippen LogP contribution is 2.20. The molecule has 0 aliphatic carbocycles. The lowest BCUT2D eigenvalue weighted by Crippen LogP contribution is -2.38. The van der Waals surface area contributed by atoms with Crippen LogP contribution in [-0.2, 0) is 4.74 Å². The van der Waals surface area contributed by atoms with E-state index in [1.54, 1.807) is 0 Å². The SMILES string of the molecule is OCNCC1OC(CO)C(O)C1O. The van der Waals surface area contributed by atoms with Crippen molar-refractivity contribution in [2.24, 2.45) is 0 Å². The van der Waals surface area contributed by atoms with E-state index in [0.717, 1.165) is 0 Å². The number of hydrogen-bond donors (Lipinski definition) is 5. The predicted octanol–water partition coefficient (Wildman–Crippen LogP) is -2.99. The van der Waals surface area contributed by atoms with E-state index >= 15 is 0 Å². The smallest absolute Gasteiger partial charge is 0.111 e. The predicted molar refractivity (Wildman–Crippen MR) is 42.8 cm³/mol. The molecule has 1 saturated heterocycles. The molecule has 6 nitrogen and oxygen atoms in total. The Hall–Kier alpha value is -0.240. The second-order valence-corrected chi connectivity index (χ2v) is 2.99. The Morgan fingerprint density at radius 3 is 2.15 bits per heavy atom. The maximum Gasteiger partial charge on any atom is 0.111 e. The van der Waals surface area contributed by atoms with Crippen molar-refractivity contribution in [3.8, 4) is 0 Å². The first-order valence-electron chi connectivity index (χ1n) is 4.14. The third-order valence-corrected chi connectivity index (χ3v) is 2.10. The minimum atomic E-state index is -1.06. The molecule has 5 N–H and O–H groups in total. The van der Waals surface area contributed by atoms with Gasteiger partial charge in [-0.2, -0.15) is 0 Å². The van der Waals surface area contributed by atoms with Gasteiger partial charge < -0.3 is 25.2 Å². The summed E-state index contributed by atoms with van der Waals surface area (Å²) >= 11 is 0. The monoisotopic (exact) mass is 193 g/mol. The first kappa shape index (κ1) is 10.8. The summed E-state index contributed by atoms with van der Waals surface area (Å²) in [7, 11) is 0. The summed E-state index contributed by atoms with van der Waals surface area (Å²) in [6, 6.07) is 0. The van der Waals surface area contributed by atoms with Gasteiger partial charge in [-0.1, -0.05) is 0 Å². The van der Waals surface area contributed by atoms with E-state index in [2.05, 4.69) is 5.32 Å². The highest BCUT2D eigenvalue weighted by atomic mass is 16.6. The summed E-state index contributed by atoms with van der Waals surface area (Å²) in [4.78, 5) is 0. The van der Waals surface area contributed by atoms with E-state index in [-0.39, 0.29) is 19.9 Å². The maximum atomic E-state index is 9.38. The molecule has 78 valence electrons. The first-order valence-corrected chi connectivity index (χ1v) is 4.14. The highest BCUT2D eigenvalue weighted by Gasteiger charge is 2.41. The fraction of sp³-hybridized carbons (Fsp3) is 1.00. The van der Waals surface area contributed by atoms with Crippen LogP contribution in [-0.4, -0.2) is 64.7 Å². The molecule has 1 rings (SSSR count). The van der Waals surface area contributed by atoms with Crippen LogP contribution in [0.15, 0.2) is 0 Å². The van der Waals surface area contributed by atoms with Crippen molar-refractivity contribution in [1.82, 2.24) is 5.32 Å². The molecule has 1 aliphatic heterocycles. The number of ether oxygens (including phenoxy) is 1. The topological polar surface area (TPSA) is 102 Å². The summed E-state index contributed by atoms with van der Waals surface area (Å²) < 4.78 is 5.11. The summed E-state index contributed by atoms with van der Waals surface area (Å²) in [5.41, 5.74) is 0. The molecular weight excluding hydrogens is 178 g/mol. The van der Waals surface area contributed by atoms with Crippen molar-refractivity contribution in [3.63, 3.8) is 0 Å². The first-order chi connectivity index (χ1) is 6.20. The minimum absolute atomic E-state index is 0.216. The third kappa shape index (κ3) is 2.37. The molecule has 0 saturated carbocycles. The molecule has 1 aliphatic rings. The summed E-state index contributed by atoms with van der Waals surface area (Å²) in [5, 5.41) is 38.4. The van der Waals surface area contributed by atoms with Crippen LogP contribution in [0.5, 0.6) is 0 Å². The molecule has 4 atom stereocenters. The number of nitrogens with one attached hydrogen (secondary N) is 1. The number of hydrogen-bond acceptors (Lipinski definition) is 6. The molecule has 0 spiro atoms. The second-order valence-electron chi connectivity index (χ2n) is 2.99. The van der Waals surface area contributed by atoms with Gasteiger partial charge in [-0.3, -0.25) is 5.32 Å². The largest absolute Gasteiger partial charge is 0.394 e. The van der Waals surface area contributed by atoms with Crippen molar-refractivity contribution in [3.05, 3.63) is 0 Å². The van der Waals surface area contributed by atoms with Gasteiger partial charge in [-0.05, 0) is 0 Å². The van der Waals surface area contributed by atoms with Gasteiger partial charge in [0.1, 0.15) is 18.3 Å². The normalized spacial score (nSPS) is 39.7. The van der Waals surface area contributed by atoms with E-state index in [9.17, 15) is 10.2 Å². The summed E-state index contributed by atoms with van der Waals surface area (Å²) in [6.45, 7) is -0.300. The Balaban J connectivity index is 2.40. The van der Waals surface area contributed by atoms with Crippen LogP contribution in [0.4, 0.5) is 0 Å². The van der Waals surface area contributed by atoms with Gasteiger partial charge in [0, 0.05) is 6.54 Å². The Kier molecular flexibility index (Phi) is 4.04. The van der Waals surface area contributed by atoms with Crippen LogP contribution in [0.25, 0.3) is 0 Å². The van der Waals surface area contributed by atoms with Gasteiger partial charge in [0.05, 0.1) is 19.4 Å². The molecule has 6 heteroatoms. The van der Waals surface area contributed by atoms with Crippen LogP contribution in [0.2, 0.25) is 0 Å². The molecule has 0 aromatic carbocycles. The fourth-order valence-corrected chi connectivity index (χ4v) is 1.35. The maximum absolute atomic E-state index is 9.38. The van der Waals surface area contributed by atoms with Crippen molar-refractivity contribution >= 4 is 0 Å². The van der Waals surface area contributed by atoms with Crippen molar-refractivity contribution < 1.29 is 25.2 Å². The van der Waals surface area contributed by atoms with E-state index in [1.165, 1.54) is 0 Å². The molecule has 1 fully saturated rings. The quantitative estimate of drug-likeness (QED) is 0.305. The molecule has 13 heavy (non-hydrogen) atoms. The molecule has 0 bridgehead atoms. The fourth-order valence-electron chi connectivity index (χ4n) is 1.35. The lowest BCUT2D eigenvalue weighted by molar-refractivity contribution is -0.0224. The number of rotatable bonds is 4. The average Bonchev–Trinajstić information content (AvgIpc) is 2.41. The van der Waals surface area contributed by atoms with Gasteiger partial charge in [0.15, 0.2) is 0 Å². The summed E-state index contributed by atoms with van der Waals surface area (Å²) in [5.74, 6) is 0. The zero-order chi connectivity index (χ0) is 9.84.